The molecule has 0 radical (unpaired) electrons. The number of nitrogens with zero attached hydrogens (tertiary/aromatic N) is 2. The van der Waals surface area contributed by atoms with E-state index in [-0.39, 0.29) is 26.1 Å². The molecule has 2 bridgehead atoms. The number of fused-ring (bicyclic) bond motifs is 4. The van der Waals surface area contributed by atoms with Crippen molar-refractivity contribution in [1.82, 2.24) is 20.4 Å². The molecule has 2 aromatic rings. The Morgan fingerprint density at radius 1 is 1.09 bits per heavy atom. The molecule has 0 spiro atoms. The monoisotopic (exact) mass is 632 g/mol. The van der Waals surface area contributed by atoms with Crippen molar-refractivity contribution in [3.8, 4) is 5.75 Å². The van der Waals surface area contributed by atoms with Gasteiger partial charge in [0.05, 0.1) is 6.04 Å². The van der Waals surface area contributed by atoms with Gasteiger partial charge in [0, 0.05) is 27.3 Å². The number of esters is 1. The smallest absolute Gasteiger partial charge is 0.334 e. The summed E-state index contributed by atoms with van der Waals surface area (Å²) in [6, 6.07) is 14.8. The number of carbonyl (C=O) groups excluding carboxylic acids is 3. The molecular formula is C38H56N4O4. The van der Waals surface area contributed by atoms with Crippen LogP contribution >= 0.6 is 0 Å². The van der Waals surface area contributed by atoms with Crippen LogP contribution in [0.2, 0.25) is 0 Å². The quantitative estimate of drug-likeness (QED) is 0.199. The molecule has 2 N–H and O–H groups in total. The second kappa shape index (κ2) is 14.3. The standard InChI is InChI=1S/C38H52N4O4.2H2/c1-4-5-9-18-38-19-22-41(3)34(26(38)2)24-28-16-17-29(25-30(28)38)46-37(45)32(23-27-12-7-6-8-13-27)40-35(43)33-15-11-21-42(33)36(44)31-14-10-20-39-31;;/h6-8,12-13,16-17,25-26,31-34,39H,4-5,9-11,14-15,18-24H2,1-3H3,(H,40,43);2*1H/t26-,31?,32?,33?,34+,38?;;/m0../s1. The van der Waals surface area contributed by atoms with E-state index >= 15 is 0 Å². The Bertz CT molecular complexity index is 1400. The van der Waals surface area contributed by atoms with Crippen LogP contribution in [0.5, 0.6) is 5.75 Å². The van der Waals surface area contributed by atoms with Crippen molar-refractivity contribution in [2.75, 3.05) is 26.7 Å². The third-order valence-corrected chi connectivity index (χ3v) is 11.5. The number of piperidine rings is 1. The van der Waals surface area contributed by atoms with Crippen LogP contribution in [-0.2, 0) is 32.6 Å². The first-order valence-corrected chi connectivity index (χ1v) is 17.7. The predicted octanol–water partition coefficient (Wildman–Crippen LogP) is 5.27. The van der Waals surface area contributed by atoms with E-state index in [0.717, 1.165) is 57.2 Å². The number of hydrogen-bond donors (Lipinski definition) is 2. The Kier molecular flexibility index (Phi) is 10.1. The van der Waals surface area contributed by atoms with E-state index in [2.05, 4.69) is 48.6 Å². The molecule has 0 aromatic heterocycles. The number of ether oxygens (including phenoxy) is 1. The average molecular weight is 633 g/mol. The van der Waals surface area contributed by atoms with Gasteiger partial charge in [0.25, 0.3) is 0 Å². The fourth-order valence-electron chi connectivity index (χ4n) is 8.79. The molecule has 3 fully saturated rings. The van der Waals surface area contributed by atoms with Crippen LogP contribution in [0.25, 0.3) is 0 Å². The molecule has 3 saturated heterocycles. The molecule has 4 unspecified atom stereocenters. The van der Waals surface area contributed by atoms with Gasteiger partial charge in [-0.25, -0.2) is 4.79 Å². The highest BCUT2D eigenvalue weighted by Crippen LogP contribution is 2.52. The molecule has 46 heavy (non-hydrogen) atoms. The average Bonchev–Trinajstić information content (AvgIpc) is 3.78. The Morgan fingerprint density at radius 2 is 1.91 bits per heavy atom. The SMILES string of the molecule is CCCCCC12CCN(C)[C@H](Cc3ccc(OC(=O)C(Cc4ccccc4)NC(=O)C4CCCN4C(=O)C4CCCN4)cc31)[C@@H]2C.[HH].[HH]. The maximum Gasteiger partial charge on any atom is 0.334 e. The minimum atomic E-state index is -0.877. The summed E-state index contributed by atoms with van der Waals surface area (Å²) in [4.78, 5) is 45.2. The van der Waals surface area contributed by atoms with Gasteiger partial charge in [-0.1, -0.05) is 69.5 Å². The molecule has 8 heteroatoms. The fourth-order valence-corrected chi connectivity index (χ4v) is 8.79. The molecule has 6 rings (SSSR count). The van der Waals surface area contributed by atoms with Crippen molar-refractivity contribution in [3.63, 3.8) is 0 Å². The number of nitrogens with one attached hydrogen (secondary N) is 2. The molecular weight excluding hydrogens is 576 g/mol. The van der Waals surface area contributed by atoms with Gasteiger partial charge in [-0.15, -0.1) is 0 Å². The summed E-state index contributed by atoms with van der Waals surface area (Å²) in [5.74, 6) is 0.289. The summed E-state index contributed by atoms with van der Waals surface area (Å²) in [5, 5.41) is 6.29. The van der Waals surface area contributed by atoms with E-state index in [0.29, 0.717) is 37.1 Å². The van der Waals surface area contributed by atoms with Crippen LogP contribution in [-0.4, -0.2) is 78.4 Å². The van der Waals surface area contributed by atoms with E-state index < -0.39 is 18.1 Å². The first kappa shape index (κ1) is 32.7. The molecule has 8 nitrogen and oxygen atoms in total. The van der Waals surface area contributed by atoms with Crippen molar-refractivity contribution in [2.45, 2.75) is 114 Å². The topological polar surface area (TPSA) is 91.0 Å². The predicted molar refractivity (Wildman–Crippen MR) is 184 cm³/mol. The second-order valence-electron chi connectivity index (χ2n) is 14.2. The van der Waals surface area contributed by atoms with Gasteiger partial charge in [-0.2, -0.15) is 0 Å². The number of hydrogen-bond acceptors (Lipinski definition) is 6. The number of likely N-dealkylation sites (tertiary alicyclic amines) is 2. The first-order chi connectivity index (χ1) is 22.3. The summed E-state index contributed by atoms with van der Waals surface area (Å²) in [5.41, 5.74) is 3.72. The Hall–Kier alpha value is -3.23. The lowest BCUT2D eigenvalue weighted by molar-refractivity contribution is -0.143. The zero-order chi connectivity index (χ0) is 32.3. The fraction of sp³-hybridized carbons (Fsp3) is 0.605. The van der Waals surface area contributed by atoms with Gasteiger partial charge in [-0.05, 0) is 99.8 Å². The number of benzene rings is 2. The van der Waals surface area contributed by atoms with Crippen molar-refractivity contribution in [3.05, 3.63) is 65.2 Å². The van der Waals surface area contributed by atoms with E-state index in [4.69, 9.17) is 4.74 Å². The normalized spacial score (nSPS) is 28.0. The Morgan fingerprint density at radius 3 is 2.67 bits per heavy atom. The third kappa shape index (κ3) is 6.61. The first-order valence-electron chi connectivity index (χ1n) is 17.7. The highest BCUT2D eigenvalue weighted by Gasteiger charge is 2.50. The second-order valence-corrected chi connectivity index (χ2v) is 14.2. The van der Waals surface area contributed by atoms with Gasteiger partial charge in [0.15, 0.2) is 0 Å². The van der Waals surface area contributed by atoms with Gasteiger partial charge >= 0.3 is 5.97 Å². The van der Waals surface area contributed by atoms with Gasteiger partial charge < -0.3 is 25.2 Å². The summed E-state index contributed by atoms with van der Waals surface area (Å²) >= 11 is 0. The minimum Gasteiger partial charge on any atom is -0.425 e. The van der Waals surface area contributed by atoms with Crippen LogP contribution in [0.4, 0.5) is 0 Å². The van der Waals surface area contributed by atoms with Crippen molar-refractivity contribution < 1.29 is 22.0 Å². The molecule has 1 aliphatic carbocycles. The molecule has 0 saturated carbocycles. The van der Waals surface area contributed by atoms with Crippen molar-refractivity contribution in [1.29, 1.82) is 0 Å². The van der Waals surface area contributed by atoms with Gasteiger partial charge in [-0.3, -0.25) is 9.59 Å². The lowest BCUT2D eigenvalue weighted by atomic mass is 9.56. The van der Waals surface area contributed by atoms with Crippen LogP contribution in [0.1, 0.15) is 91.2 Å². The van der Waals surface area contributed by atoms with Crippen molar-refractivity contribution in [2.24, 2.45) is 5.92 Å². The largest absolute Gasteiger partial charge is 0.425 e. The third-order valence-electron chi connectivity index (χ3n) is 11.5. The number of amides is 2. The summed E-state index contributed by atoms with van der Waals surface area (Å²) in [6.45, 7) is 7.13. The van der Waals surface area contributed by atoms with Crippen LogP contribution in [0.15, 0.2) is 48.5 Å². The van der Waals surface area contributed by atoms with E-state index in [1.807, 2.05) is 36.4 Å². The van der Waals surface area contributed by atoms with Crippen LogP contribution in [0.3, 0.4) is 0 Å². The lowest BCUT2D eigenvalue weighted by Gasteiger charge is -2.55. The zero-order valence-electron chi connectivity index (χ0n) is 27.9. The summed E-state index contributed by atoms with van der Waals surface area (Å²) in [7, 11) is 2.26. The molecule has 252 valence electrons. The highest BCUT2D eigenvalue weighted by atomic mass is 16.5. The van der Waals surface area contributed by atoms with Crippen molar-refractivity contribution >= 4 is 17.8 Å². The maximum absolute atomic E-state index is 13.9. The summed E-state index contributed by atoms with van der Waals surface area (Å²) < 4.78 is 6.14. The van der Waals surface area contributed by atoms with E-state index in [1.165, 1.54) is 30.4 Å². The summed E-state index contributed by atoms with van der Waals surface area (Å²) in [6.07, 6.45) is 10.3. The highest BCUT2D eigenvalue weighted by molar-refractivity contribution is 5.93. The number of carbonyl (C=O) groups is 3. The number of unbranched alkanes of at least 4 members (excludes halogenated alkanes) is 2. The molecule has 3 heterocycles. The molecule has 2 amide bonds. The van der Waals surface area contributed by atoms with Gasteiger partial charge in [0.1, 0.15) is 17.8 Å². The van der Waals surface area contributed by atoms with E-state index in [9.17, 15) is 14.4 Å². The lowest BCUT2D eigenvalue weighted by Crippen LogP contribution is -2.57. The van der Waals surface area contributed by atoms with Crippen LogP contribution in [0, 0.1) is 5.92 Å². The van der Waals surface area contributed by atoms with Gasteiger partial charge in [0.2, 0.25) is 11.8 Å². The van der Waals surface area contributed by atoms with Crippen LogP contribution < -0.4 is 15.4 Å². The Labute approximate surface area is 277 Å². The van der Waals surface area contributed by atoms with E-state index in [1.54, 1.807) is 4.90 Å². The molecule has 3 aliphatic heterocycles. The molecule has 4 aliphatic rings. The number of rotatable bonds is 11. The number of likely N-dealkylation sites (N-methyl/N-ethyl adjacent to an activating group) is 1. The maximum atomic E-state index is 13.9. The molecule has 6 atom stereocenters. The minimum absolute atomic E-state index is 0. The zero-order valence-corrected chi connectivity index (χ0v) is 27.9. The molecule has 2 aromatic carbocycles. The Balaban J connectivity index is 0.00000260.